The molecule has 0 bridgehead atoms. The Hall–Kier alpha value is -2.60. The highest BCUT2D eigenvalue weighted by Crippen LogP contribution is 2.22. The van der Waals surface area contributed by atoms with Gasteiger partial charge in [0.2, 0.25) is 0 Å². The summed E-state index contributed by atoms with van der Waals surface area (Å²) in [5.74, 6) is 4.65. The van der Waals surface area contributed by atoms with Crippen molar-refractivity contribution in [3.63, 3.8) is 0 Å². The molecule has 0 unspecified atom stereocenters. The summed E-state index contributed by atoms with van der Waals surface area (Å²) in [6.45, 7) is 2.20. The number of unbranched alkanes of at least 4 members (excludes halogenated alkanes) is 6. The monoisotopic (exact) mass is 352 g/mol. The molecule has 0 aromatic heterocycles. The number of carboxylic acids is 1. The van der Waals surface area contributed by atoms with Crippen LogP contribution < -0.4 is 0 Å². The highest BCUT2D eigenvalue weighted by molar-refractivity contribution is 5.88. The van der Waals surface area contributed by atoms with E-state index in [4.69, 9.17) is 5.11 Å². The number of carbonyl (C=O) groups is 1. The van der Waals surface area contributed by atoms with E-state index >= 15 is 0 Å². The van der Waals surface area contributed by atoms with Crippen LogP contribution in [0.3, 0.4) is 0 Å². The molecule has 0 aliphatic rings. The van der Waals surface area contributed by atoms with Gasteiger partial charge in [-0.1, -0.05) is 69.1 Å². The molecule has 2 nitrogen and oxygen atoms in total. The predicted molar refractivity (Wildman–Crippen MR) is 104 cm³/mol. The topological polar surface area (TPSA) is 37.3 Å². The van der Waals surface area contributed by atoms with Crippen LogP contribution in [0.5, 0.6) is 0 Å². The van der Waals surface area contributed by atoms with Gasteiger partial charge in [-0.05, 0) is 41.8 Å². The Morgan fingerprint density at radius 1 is 0.962 bits per heavy atom. The molecule has 2 rings (SSSR count). The van der Waals surface area contributed by atoms with Gasteiger partial charge < -0.3 is 5.11 Å². The van der Waals surface area contributed by atoms with Gasteiger partial charge in [-0.3, -0.25) is 0 Å². The van der Waals surface area contributed by atoms with E-state index < -0.39 is 5.97 Å². The molecule has 1 N–H and O–H groups in total. The molecule has 2 aromatic carbocycles. The Balaban J connectivity index is 1.93. The van der Waals surface area contributed by atoms with Crippen molar-refractivity contribution in [2.45, 2.75) is 51.9 Å². The normalized spacial score (nSPS) is 10.2. The zero-order chi connectivity index (χ0) is 18.8. The van der Waals surface area contributed by atoms with E-state index in [2.05, 4.69) is 18.8 Å². The van der Waals surface area contributed by atoms with Gasteiger partial charge in [0, 0.05) is 6.42 Å². The summed E-state index contributed by atoms with van der Waals surface area (Å²) in [4.78, 5) is 10.9. The molecule has 0 spiro atoms. The van der Waals surface area contributed by atoms with Crippen LogP contribution in [-0.4, -0.2) is 11.1 Å². The van der Waals surface area contributed by atoms with Crippen molar-refractivity contribution >= 4 is 5.97 Å². The number of aromatic carboxylic acids is 1. The van der Waals surface area contributed by atoms with Crippen molar-refractivity contribution in [3.8, 4) is 23.0 Å². The van der Waals surface area contributed by atoms with Crippen molar-refractivity contribution < 1.29 is 14.3 Å². The number of rotatable bonds is 8. The molecule has 0 radical (unpaired) electrons. The Bertz CT molecular complexity index is 782. The lowest BCUT2D eigenvalue weighted by Crippen LogP contribution is -1.95. The molecule has 0 amide bonds. The summed E-state index contributed by atoms with van der Waals surface area (Å²) in [7, 11) is 0. The number of carboxylic acid groups (broad SMARTS) is 1. The third-order valence-electron chi connectivity index (χ3n) is 4.31. The second kappa shape index (κ2) is 10.4. The van der Waals surface area contributed by atoms with Crippen molar-refractivity contribution in [1.29, 1.82) is 0 Å². The molecular formula is C23H25FO2. The van der Waals surface area contributed by atoms with Gasteiger partial charge in [0.1, 0.15) is 5.82 Å². The first-order chi connectivity index (χ1) is 12.6. The third kappa shape index (κ3) is 6.04. The predicted octanol–water partition coefficient (Wildman–Crippen LogP) is 6.29. The maximum absolute atomic E-state index is 14.3. The Morgan fingerprint density at radius 3 is 2.27 bits per heavy atom. The van der Waals surface area contributed by atoms with Crippen LogP contribution in [0.25, 0.3) is 11.1 Å². The molecule has 0 heterocycles. The summed E-state index contributed by atoms with van der Waals surface area (Å²) >= 11 is 0. The van der Waals surface area contributed by atoms with Crippen LogP contribution in [0.1, 0.15) is 67.8 Å². The van der Waals surface area contributed by atoms with Crippen molar-refractivity contribution in [2.24, 2.45) is 0 Å². The second-order valence-corrected chi connectivity index (χ2v) is 6.40. The van der Waals surface area contributed by atoms with E-state index in [1.807, 2.05) is 6.07 Å². The number of halogens is 1. The number of hydrogen-bond donors (Lipinski definition) is 1. The lowest BCUT2D eigenvalue weighted by atomic mass is 10.0. The molecule has 26 heavy (non-hydrogen) atoms. The van der Waals surface area contributed by atoms with Gasteiger partial charge in [-0.2, -0.15) is 0 Å². The van der Waals surface area contributed by atoms with E-state index in [-0.39, 0.29) is 11.4 Å². The molecule has 0 fully saturated rings. The highest BCUT2D eigenvalue weighted by Gasteiger charge is 2.06. The van der Waals surface area contributed by atoms with E-state index in [9.17, 15) is 9.18 Å². The molecule has 0 saturated carbocycles. The Morgan fingerprint density at radius 2 is 1.62 bits per heavy atom. The van der Waals surface area contributed by atoms with Crippen LogP contribution in [0.4, 0.5) is 4.39 Å². The molecule has 0 atom stereocenters. The fourth-order valence-corrected chi connectivity index (χ4v) is 2.75. The summed E-state index contributed by atoms with van der Waals surface area (Å²) in [5.41, 5.74) is 2.11. The zero-order valence-corrected chi connectivity index (χ0v) is 15.2. The third-order valence-corrected chi connectivity index (χ3v) is 4.31. The fraction of sp³-hybridized carbons (Fsp3) is 0.348. The van der Waals surface area contributed by atoms with Crippen molar-refractivity contribution in [2.75, 3.05) is 0 Å². The first-order valence-electron chi connectivity index (χ1n) is 9.24. The molecule has 0 saturated heterocycles. The van der Waals surface area contributed by atoms with Gasteiger partial charge in [0.15, 0.2) is 0 Å². The van der Waals surface area contributed by atoms with Crippen LogP contribution in [-0.2, 0) is 0 Å². The summed E-state index contributed by atoms with van der Waals surface area (Å²) in [6.07, 6.45) is 8.12. The van der Waals surface area contributed by atoms with Crippen molar-refractivity contribution in [3.05, 3.63) is 59.4 Å². The van der Waals surface area contributed by atoms with Crippen molar-refractivity contribution in [1.82, 2.24) is 0 Å². The zero-order valence-electron chi connectivity index (χ0n) is 15.2. The Labute approximate surface area is 155 Å². The van der Waals surface area contributed by atoms with Crippen LogP contribution in [0.2, 0.25) is 0 Å². The maximum Gasteiger partial charge on any atom is 0.335 e. The van der Waals surface area contributed by atoms with Crippen LogP contribution in [0, 0.1) is 17.7 Å². The van der Waals surface area contributed by atoms with Gasteiger partial charge in [-0.25, -0.2) is 9.18 Å². The van der Waals surface area contributed by atoms with Crippen LogP contribution >= 0.6 is 0 Å². The smallest absolute Gasteiger partial charge is 0.335 e. The summed E-state index contributed by atoms with van der Waals surface area (Å²) < 4.78 is 14.3. The molecule has 2 aromatic rings. The van der Waals surface area contributed by atoms with Gasteiger partial charge >= 0.3 is 5.97 Å². The average molecular weight is 352 g/mol. The van der Waals surface area contributed by atoms with E-state index in [1.165, 1.54) is 50.3 Å². The van der Waals surface area contributed by atoms with Gasteiger partial charge in [-0.15, -0.1) is 0 Å². The molecular weight excluding hydrogens is 327 g/mol. The first-order valence-corrected chi connectivity index (χ1v) is 9.24. The fourth-order valence-electron chi connectivity index (χ4n) is 2.75. The minimum absolute atomic E-state index is 0.214. The largest absolute Gasteiger partial charge is 0.478 e. The molecule has 3 heteroatoms. The summed E-state index contributed by atoms with van der Waals surface area (Å²) in [5, 5.41) is 8.93. The quantitative estimate of drug-likeness (QED) is 0.447. The molecule has 136 valence electrons. The van der Waals surface area contributed by atoms with Gasteiger partial charge in [0.25, 0.3) is 0 Å². The van der Waals surface area contributed by atoms with Crippen LogP contribution in [0.15, 0.2) is 42.5 Å². The van der Waals surface area contributed by atoms with E-state index in [1.54, 1.807) is 18.2 Å². The summed E-state index contributed by atoms with van der Waals surface area (Å²) in [6, 6.07) is 11.3. The average Bonchev–Trinajstić information content (AvgIpc) is 2.65. The minimum atomic E-state index is -0.973. The first kappa shape index (κ1) is 19.7. The van der Waals surface area contributed by atoms with E-state index in [0.29, 0.717) is 11.1 Å². The number of benzene rings is 2. The standard InChI is InChI=1S/C23H25FO2/c1-2-3-4-5-6-7-8-9-10-19-13-16-21(17-22(19)24)18-11-14-20(15-12-18)23(25)26/h11-17H,2-8H2,1H3,(H,25,26). The highest BCUT2D eigenvalue weighted by atomic mass is 19.1. The molecule has 0 aliphatic carbocycles. The minimum Gasteiger partial charge on any atom is -0.478 e. The SMILES string of the molecule is CCCCCCCCC#Cc1ccc(-c2ccc(C(=O)O)cc2)cc1F. The van der Waals surface area contributed by atoms with Gasteiger partial charge in [0.05, 0.1) is 11.1 Å². The number of hydrogen-bond acceptors (Lipinski definition) is 1. The lowest BCUT2D eigenvalue weighted by Gasteiger charge is -2.04. The maximum atomic E-state index is 14.3. The second-order valence-electron chi connectivity index (χ2n) is 6.40. The Kier molecular flexibility index (Phi) is 7.89. The van der Waals surface area contributed by atoms with E-state index in [0.717, 1.165) is 18.4 Å². The molecule has 0 aliphatic heterocycles. The lowest BCUT2D eigenvalue weighted by molar-refractivity contribution is 0.0697.